The van der Waals surface area contributed by atoms with Crippen molar-refractivity contribution in [2.45, 2.75) is 137 Å². The molecule has 0 bridgehead atoms. The number of esters is 2. The highest BCUT2D eigenvalue weighted by Crippen LogP contribution is 2.72. The molecule has 1 unspecified atom stereocenters. The van der Waals surface area contributed by atoms with Crippen LogP contribution in [0.2, 0.25) is 0 Å². The summed E-state index contributed by atoms with van der Waals surface area (Å²) in [5.41, 5.74) is 3.72. The number of methoxy groups -OCH3 is 1. The van der Waals surface area contributed by atoms with Crippen molar-refractivity contribution in [3.05, 3.63) is 11.1 Å². The number of epoxide rings is 1. The summed E-state index contributed by atoms with van der Waals surface area (Å²) in [4.78, 5) is 25.1. The molecule has 0 aromatic carbocycles. The van der Waals surface area contributed by atoms with Gasteiger partial charge in [-0.3, -0.25) is 9.59 Å². The van der Waals surface area contributed by atoms with Gasteiger partial charge in [-0.25, -0.2) is 0 Å². The lowest BCUT2D eigenvalue weighted by molar-refractivity contribution is -0.167. The van der Waals surface area contributed by atoms with Crippen molar-refractivity contribution in [3.63, 3.8) is 0 Å². The largest absolute Gasteiger partial charge is 0.469 e. The molecule has 8 atom stereocenters. The predicted molar refractivity (Wildman–Crippen MR) is 148 cm³/mol. The Morgan fingerprint density at radius 2 is 1.63 bits per heavy atom. The fourth-order valence-electron chi connectivity index (χ4n) is 10.5. The molecule has 0 radical (unpaired) electrons. The van der Waals surface area contributed by atoms with Gasteiger partial charge in [-0.05, 0) is 106 Å². The lowest BCUT2D eigenvalue weighted by Gasteiger charge is -2.62. The van der Waals surface area contributed by atoms with Crippen molar-refractivity contribution >= 4 is 11.9 Å². The van der Waals surface area contributed by atoms with Gasteiger partial charge < -0.3 is 14.2 Å². The average molecular weight is 529 g/mol. The van der Waals surface area contributed by atoms with Gasteiger partial charge in [0.25, 0.3) is 0 Å². The molecular weight excluding hydrogens is 476 g/mol. The predicted octanol–water partition coefficient (Wildman–Crippen LogP) is 7.41. The first kappa shape index (κ1) is 28.2. The summed E-state index contributed by atoms with van der Waals surface area (Å²) >= 11 is 0. The molecule has 38 heavy (non-hydrogen) atoms. The van der Waals surface area contributed by atoms with Gasteiger partial charge in [-0.1, -0.05) is 45.8 Å². The summed E-state index contributed by atoms with van der Waals surface area (Å²) in [6.07, 6.45) is 10.9. The topological polar surface area (TPSA) is 65.1 Å². The maximum atomic E-state index is 13.2. The molecule has 5 rings (SSSR count). The third kappa shape index (κ3) is 4.03. The van der Waals surface area contributed by atoms with Gasteiger partial charge in [-0.2, -0.15) is 0 Å². The van der Waals surface area contributed by atoms with Crippen LogP contribution in [0.15, 0.2) is 11.1 Å². The minimum atomic E-state index is -0.155. The Morgan fingerprint density at radius 3 is 2.24 bits per heavy atom. The van der Waals surface area contributed by atoms with Gasteiger partial charge in [0.05, 0.1) is 24.7 Å². The van der Waals surface area contributed by atoms with E-state index in [2.05, 4.69) is 48.5 Å². The number of rotatable bonds is 6. The summed E-state index contributed by atoms with van der Waals surface area (Å²) in [6, 6.07) is 0. The SMILES string of the molecule is COC(=O)[C@H](CC[C@H]1OC1(C)C)[C@H]1CC[C@@]2(C)C3=C(CC[C@]12C)[C@@]1(C)CC[C@H](OC(C)=O)C(C)(C)C1CC3. The van der Waals surface area contributed by atoms with Crippen LogP contribution >= 0.6 is 0 Å². The number of ether oxygens (including phenoxy) is 3. The van der Waals surface area contributed by atoms with E-state index in [1.807, 2.05) is 0 Å². The normalized spacial score (nSPS) is 43.4. The van der Waals surface area contributed by atoms with Gasteiger partial charge in [0.2, 0.25) is 0 Å². The van der Waals surface area contributed by atoms with Gasteiger partial charge >= 0.3 is 11.9 Å². The molecule has 0 N–H and O–H groups in total. The van der Waals surface area contributed by atoms with Crippen LogP contribution < -0.4 is 0 Å². The van der Waals surface area contributed by atoms with E-state index in [0.29, 0.717) is 11.8 Å². The molecular formula is C33H52O5. The highest BCUT2D eigenvalue weighted by Gasteiger charge is 2.64. The molecule has 5 heteroatoms. The number of allylic oxidation sites excluding steroid dienone is 2. The van der Waals surface area contributed by atoms with Gasteiger partial charge in [-0.15, -0.1) is 0 Å². The van der Waals surface area contributed by atoms with Crippen LogP contribution in [0.5, 0.6) is 0 Å². The monoisotopic (exact) mass is 528 g/mol. The zero-order valence-electron chi connectivity index (χ0n) is 25.5. The second-order valence-electron chi connectivity index (χ2n) is 15.2. The fourth-order valence-corrected chi connectivity index (χ4v) is 10.5. The molecule has 1 heterocycles. The molecule has 0 aromatic rings. The highest BCUT2D eigenvalue weighted by molar-refractivity contribution is 5.73. The molecule has 3 fully saturated rings. The van der Waals surface area contributed by atoms with Gasteiger partial charge in [0.1, 0.15) is 6.10 Å². The van der Waals surface area contributed by atoms with Crippen LogP contribution in [-0.4, -0.2) is 36.9 Å². The summed E-state index contributed by atoms with van der Waals surface area (Å²) in [5.74, 6) is 0.621. The lowest BCUT2D eigenvalue weighted by atomic mass is 9.43. The zero-order chi connectivity index (χ0) is 27.9. The van der Waals surface area contributed by atoms with Crippen LogP contribution in [0.4, 0.5) is 0 Å². The third-order valence-corrected chi connectivity index (χ3v) is 13.0. The molecule has 0 aromatic heterocycles. The number of hydrogen-bond acceptors (Lipinski definition) is 5. The Hall–Kier alpha value is -1.36. The molecule has 0 spiro atoms. The average Bonchev–Trinajstić information content (AvgIpc) is 3.35. The molecule has 0 amide bonds. The smallest absolute Gasteiger partial charge is 0.308 e. The Morgan fingerprint density at radius 1 is 0.947 bits per heavy atom. The highest BCUT2D eigenvalue weighted by atomic mass is 16.6. The first-order valence-electron chi connectivity index (χ1n) is 15.3. The second kappa shape index (κ2) is 9.08. The molecule has 5 nitrogen and oxygen atoms in total. The van der Waals surface area contributed by atoms with Crippen LogP contribution in [0.3, 0.4) is 0 Å². The van der Waals surface area contributed by atoms with Crippen molar-refractivity contribution in [2.24, 2.45) is 39.4 Å². The van der Waals surface area contributed by atoms with Crippen molar-refractivity contribution in [1.82, 2.24) is 0 Å². The maximum Gasteiger partial charge on any atom is 0.308 e. The summed E-state index contributed by atoms with van der Waals surface area (Å²) in [6.45, 7) is 18.0. The first-order chi connectivity index (χ1) is 17.6. The second-order valence-corrected chi connectivity index (χ2v) is 15.2. The molecule has 5 aliphatic rings. The van der Waals surface area contributed by atoms with Gasteiger partial charge in [0.15, 0.2) is 0 Å². The number of fused-ring (bicyclic) bond motifs is 4. The van der Waals surface area contributed by atoms with E-state index in [1.165, 1.54) is 0 Å². The van der Waals surface area contributed by atoms with E-state index >= 15 is 0 Å². The summed E-state index contributed by atoms with van der Waals surface area (Å²) in [5, 5.41) is 0. The van der Waals surface area contributed by atoms with Crippen molar-refractivity contribution in [3.8, 4) is 0 Å². The Labute approximate surface area is 230 Å². The quantitative estimate of drug-likeness (QED) is 0.204. The third-order valence-electron chi connectivity index (χ3n) is 13.0. The lowest BCUT2D eigenvalue weighted by Crippen LogP contribution is -2.56. The number of carbonyl (C=O) groups is 2. The Balaban J connectivity index is 1.44. The minimum absolute atomic E-state index is 0.00164. The Kier molecular flexibility index (Phi) is 6.73. The number of hydrogen-bond donors (Lipinski definition) is 0. The van der Waals surface area contributed by atoms with E-state index in [4.69, 9.17) is 14.2 Å². The van der Waals surface area contributed by atoms with Crippen molar-refractivity contribution in [1.29, 1.82) is 0 Å². The first-order valence-corrected chi connectivity index (χ1v) is 15.3. The molecule has 4 aliphatic carbocycles. The van der Waals surface area contributed by atoms with Crippen LogP contribution in [0.25, 0.3) is 0 Å². The van der Waals surface area contributed by atoms with E-state index in [0.717, 1.165) is 64.2 Å². The molecule has 1 aliphatic heterocycles. The molecule has 1 saturated heterocycles. The number of carbonyl (C=O) groups excluding carboxylic acids is 2. The summed E-state index contributed by atoms with van der Waals surface area (Å²) in [7, 11) is 1.56. The maximum absolute atomic E-state index is 13.2. The Bertz CT molecular complexity index is 1020. The molecule has 214 valence electrons. The summed E-state index contributed by atoms with van der Waals surface area (Å²) < 4.78 is 17.2. The van der Waals surface area contributed by atoms with E-state index in [-0.39, 0.29) is 57.3 Å². The van der Waals surface area contributed by atoms with Crippen LogP contribution in [0.1, 0.15) is 120 Å². The van der Waals surface area contributed by atoms with Crippen LogP contribution in [-0.2, 0) is 23.8 Å². The van der Waals surface area contributed by atoms with E-state index in [1.54, 1.807) is 25.2 Å². The molecule has 2 saturated carbocycles. The van der Waals surface area contributed by atoms with Crippen molar-refractivity contribution in [2.75, 3.05) is 7.11 Å². The van der Waals surface area contributed by atoms with E-state index < -0.39 is 0 Å². The fraction of sp³-hybridized carbons (Fsp3) is 0.879. The zero-order valence-corrected chi connectivity index (χ0v) is 25.5. The minimum Gasteiger partial charge on any atom is -0.469 e. The standard InChI is InChI=1S/C33H52O5/c1-20(34)37-26-16-17-31(6)23-15-19-32(7)22(21(28(35)36-9)10-13-27-30(4,5)38-27)14-18-33(32,8)24(23)11-12-25(31)29(26,2)3/h21-22,25-27H,10-19H2,1-9H3/t21-,22-,25?,26+,27-,31-,32-,33+/m1/s1. The van der Waals surface area contributed by atoms with E-state index in [9.17, 15) is 9.59 Å². The van der Waals surface area contributed by atoms with Crippen molar-refractivity contribution < 1.29 is 23.8 Å². The van der Waals surface area contributed by atoms with Crippen LogP contribution in [0, 0.1) is 39.4 Å². The van der Waals surface area contributed by atoms with Gasteiger partial charge in [0, 0.05) is 12.3 Å².